The number of nitrogens with one attached hydrogen (secondary N) is 2. The summed E-state index contributed by atoms with van der Waals surface area (Å²) in [5.41, 5.74) is 1.64. The molecule has 0 bridgehead atoms. The first-order chi connectivity index (χ1) is 17.3. The third kappa shape index (κ3) is 8.49. The lowest BCUT2D eigenvalue weighted by molar-refractivity contribution is -0.117. The van der Waals surface area contributed by atoms with Crippen LogP contribution in [0.25, 0.3) is 11.1 Å². The fraction of sp³-hybridized carbons (Fsp3) is 0.357. The van der Waals surface area contributed by atoms with Gasteiger partial charge in [-0.05, 0) is 64.8 Å². The zero-order valence-electron chi connectivity index (χ0n) is 22.1. The number of nitrogens with zero attached hydrogens (tertiary/aromatic N) is 2. The number of carbonyl (C=O) groups excluding carboxylic acids is 3. The van der Waals surface area contributed by atoms with Gasteiger partial charge in [-0.15, -0.1) is 0 Å². The molecule has 1 aromatic heterocycles. The van der Waals surface area contributed by atoms with Gasteiger partial charge < -0.3 is 20.1 Å². The van der Waals surface area contributed by atoms with E-state index in [0.29, 0.717) is 5.69 Å². The molecule has 9 nitrogen and oxygen atoms in total. The molecule has 9 heteroatoms. The predicted octanol–water partition coefficient (Wildman–Crippen LogP) is 5.58. The van der Waals surface area contributed by atoms with Crippen molar-refractivity contribution in [1.82, 2.24) is 15.1 Å². The zero-order chi connectivity index (χ0) is 27.2. The molecular weight excluding hydrogens is 472 g/mol. The van der Waals surface area contributed by atoms with Crippen LogP contribution in [0.5, 0.6) is 0 Å². The molecule has 0 fully saturated rings. The van der Waals surface area contributed by atoms with Gasteiger partial charge in [-0.3, -0.25) is 4.79 Å². The van der Waals surface area contributed by atoms with E-state index in [1.165, 1.54) is 0 Å². The van der Waals surface area contributed by atoms with Crippen LogP contribution in [-0.2, 0) is 14.3 Å². The first-order valence-electron chi connectivity index (χ1n) is 12.0. The molecule has 196 valence electrons. The second-order valence-electron chi connectivity index (χ2n) is 10.6. The van der Waals surface area contributed by atoms with Crippen LogP contribution in [0.4, 0.5) is 15.3 Å². The van der Waals surface area contributed by atoms with Crippen molar-refractivity contribution >= 4 is 23.8 Å². The van der Waals surface area contributed by atoms with E-state index in [4.69, 9.17) is 9.47 Å². The largest absolute Gasteiger partial charge is 0.444 e. The first-order valence-corrected chi connectivity index (χ1v) is 12.0. The molecule has 1 heterocycles. The van der Waals surface area contributed by atoms with Crippen LogP contribution in [0.3, 0.4) is 0 Å². The van der Waals surface area contributed by atoms with E-state index < -0.39 is 29.3 Å². The van der Waals surface area contributed by atoms with Gasteiger partial charge in [0.2, 0.25) is 5.91 Å². The van der Waals surface area contributed by atoms with Gasteiger partial charge in [-0.25, -0.2) is 9.59 Å². The van der Waals surface area contributed by atoms with E-state index in [2.05, 4.69) is 15.7 Å². The summed E-state index contributed by atoms with van der Waals surface area (Å²) >= 11 is 0. The van der Waals surface area contributed by atoms with Crippen LogP contribution in [-0.4, -0.2) is 45.6 Å². The maximum Gasteiger partial charge on any atom is 0.435 e. The fourth-order valence-corrected chi connectivity index (χ4v) is 3.40. The summed E-state index contributed by atoms with van der Waals surface area (Å²) in [7, 11) is 0. The van der Waals surface area contributed by atoms with Gasteiger partial charge in [0.15, 0.2) is 0 Å². The summed E-state index contributed by atoms with van der Waals surface area (Å²) in [5, 5.41) is 9.69. The number of anilines is 1. The van der Waals surface area contributed by atoms with Crippen molar-refractivity contribution < 1.29 is 23.9 Å². The summed E-state index contributed by atoms with van der Waals surface area (Å²) in [6.45, 7) is 10.8. The van der Waals surface area contributed by atoms with Crippen LogP contribution >= 0.6 is 0 Å². The van der Waals surface area contributed by atoms with E-state index in [1.807, 2.05) is 42.5 Å². The molecule has 0 spiro atoms. The van der Waals surface area contributed by atoms with Crippen molar-refractivity contribution in [2.45, 2.75) is 58.7 Å². The fourth-order valence-electron chi connectivity index (χ4n) is 3.40. The third-order valence-electron chi connectivity index (χ3n) is 5.02. The van der Waals surface area contributed by atoms with Crippen molar-refractivity contribution in [1.29, 1.82) is 0 Å². The average Bonchev–Trinajstić information content (AvgIpc) is 3.29. The highest BCUT2D eigenvalue weighted by Gasteiger charge is 2.24. The van der Waals surface area contributed by atoms with Gasteiger partial charge in [0.25, 0.3) is 0 Å². The SMILES string of the molecule is CC(C)(C)OC(=O)NCC(C(=O)Nc1ccc(-c2cnn(C(=O)OC(C)(C)C)c2)cc1)c1ccccc1. The van der Waals surface area contributed by atoms with Crippen molar-refractivity contribution in [3.05, 3.63) is 72.6 Å². The molecule has 2 amide bonds. The molecule has 2 N–H and O–H groups in total. The summed E-state index contributed by atoms with van der Waals surface area (Å²) < 4.78 is 11.8. The molecule has 0 radical (unpaired) electrons. The number of alkyl carbamates (subject to hydrolysis) is 1. The second kappa shape index (κ2) is 11.3. The molecule has 2 aromatic carbocycles. The molecule has 1 atom stereocenters. The van der Waals surface area contributed by atoms with E-state index in [0.717, 1.165) is 21.4 Å². The number of benzene rings is 2. The molecule has 0 aliphatic rings. The van der Waals surface area contributed by atoms with E-state index >= 15 is 0 Å². The smallest absolute Gasteiger partial charge is 0.435 e. The Morgan fingerprint density at radius 2 is 1.49 bits per heavy atom. The minimum atomic E-state index is -0.639. The van der Waals surface area contributed by atoms with Gasteiger partial charge in [-0.1, -0.05) is 42.5 Å². The van der Waals surface area contributed by atoms with Crippen LogP contribution in [0.1, 0.15) is 53.0 Å². The summed E-state index contributed by atoms with van der Waals surface area (Å²) in [6, 6.07) is 16.4. The van der Waals surface area contributed by atoms with E-state index in [1.54, 1.807) is 66.1 Å². The number of carbonyl (C=O) groups is 3. The van der Waals surface area contributed by atoms with Crippen molar-refractivity contribution in [2.24, 2.45) is 0 Å². The molecule has 0 saturated carbocycles. The van der Waals surface area contributed by atoms with Crippen LogP contribution < -0.4 is 10.6 Å². The maximum atomic E-state index is 13.2. The number of hydrogen-bond acceptors (Lipinski definition) is 6. The standard InChI is InChI=1S/C28H34N4O5/c1-27(2,3)36-25(34)29-17-23(20-10-8-7-9-11-20)24(33)31-22-14-12-19(13-15-22)21-16-30-32(18-21)26(35)37-28(4,5)6/h7-16,18,23H,17H2,1-6H3,(H,29,34)(H,31,33). The Bertz CT molecular complexity index is 1220. The van der Waals surface area contributed by atoms with Crippen LogP contribution in [0, 0.1) is 0 Å². The first kappa shape index (κ1) is 27.4. The highest BCUT2D eigenvalue weighted by molar-refractivity contribution is 5.96. The Morgan fingerprint density at radius 1 is 0.865 bits per heavy atom. The third-order valence-corrected chi connectivity index (χ3v) is 5.02. The lowest BCUT2D eigenvalue weighted by Crippen LogP contribution is -2.37. The molecule has 0 aliphatic carbocycles. The second-order valence-corrected chi connectivity index (χ2v) is 10.6. The topological polar surface area (TPSA) is 112 Å². The molecule has 3 aromatic rings. The highest BCUT2D eigenvalue weighted by Crippen LogP contribution is 2.23. The monoisotopic (exact) mass is 506 g/mol. The summed E-state index contributed by atoms with van der Waals surface area (Å²) in [6.07, 6.45) is 2.02. The highest BCUT2D eigenvalue weighted by atomic mass is 16.6. The molecule has 0 saturated heterocycles. The summed E-state index contributed by atoms with van der Waals surface area (Å²) in [4.78, 5) is 37.6. The quantitative estimate of drug-likeness (QED) is 0.451. The summed E-state index contributed by atoms with van der Waals surface area (Å²) in [5.74, 6) is -0.895. The Morgan fingerprint density at radius 3 is 2.08 bits per heavy atom. The average molecular weight is 507 g/mol. The van der Waals surface area contributed by atoms with Gasteiger partial charge in [0.1, 0.15) is 11.2 Å². The predicted molar refractivity (Wildman–Crippen MR) is 141 cm³/mol. The Hall–Kier alpha value is -4.14. The zero-order valence-corrected chi connectivity index (χ0v) is 22.1. The Balaban J connectivity index is 1.69. The van der Waals surface area contributed by atoms with Crippen LogP contribution in [0.2, 0.25) is 0 Å². The number of amides is 2. The Kier molecular flexibility index (Phi) is 8.37. The molecule has 3 rings (SSSR count). The van der Waals surface area contributed by atoms with Gasteiger partial charge in [0.05, 0.1) is 12.1 Å². The Labute approximate surface area is 217 Å². The minimum absolute atomic E-state index is 0.0761. The molecule has 37 heavy (non-hydrogen) atoms. The van der Waals surface area contributed by atoms with Crippen molar-refractivity contribution in [3.8, 4) is 11.1 Å². The van der Waals surface area contributed by atoms with E-state index in [9.17, 15) is 14.4 Å². The molecule has 1 unspecified atom stereocenters. The lowest BCUT2D eigenvalue weighted by atomic mass is 9.98. The number of ether oxygens (including phenoxy) is 2. The minimum Gasteiger partial charge on any atom is -0.444 e. The lowest BCUT2D eigenvalue weighted by Gasteiger charge is -2.22. The maximum absolute atomic E-state index is 13.2. The van der Waals surface area contributed by atoms with Crippen molar-refractivity contribution in [2.75, 3.05) is 11.9 Å². The van der Waals surface area contributed by atoms with Gasteiger partial charge in [0, 0.05) is 24.0 Å². The number of aromatic nitrogens is 2. The molecule has 0 aliphatic heterocycles. The van der Waals surface area contributed by atoms with Crippen molar-refractivity contribution in [3.63, 3.8) is 0 Å². The van der Waals surface area contributed by atoms with Gasteiger partial charge >= 0.3 is 12.2 Å². The van der Waals surface area contributed by atoms with Crippen LogP contribution in [0.15, 0.2) is 67.0 Å². The number of hydrogen-bond donors (Lipinski definition) is 2. The molecular formula is C28H34N4O5. The number of rotatable bonds is 6. The normalized spacial score (nSPS) is 12.4. The van der Waals surface area contributed by atoms with Gasteiger partial charge in [-0.2, -0.15) is 9.78 Å². The van der Waals surface area contributed by atoms with E-state index in [-0.39, 0.29) is 12.5 Å².